The van der Waals surface area contributed by atoms with E-state index in [4.69, 9.17) is 0 Å². The van der Waals surface area contributed by atoms with Gasteiger partial charge in [0.1, 0.15) is 0 Å². The highest BCUT2D eigenvalue weighted by atomic mass is 16.4. The van der Waals surface area contributed by atoms with Crippen molar-refractivity contribution in [2.45, 2.75) is 47.0 Å². The lowest BCUT2D eigenvalue weighted by atomic mass is 9.79. The van der Waals surface area contributed by atoms with E-state index in [1.165, 1.54) is 0 Å². The van der Waals surface area contributed by atoms with Crippen LogP contribution in [0.5, 0.6) is 0 Å². The first-order chi connectivity index (χ1) is 10.4. The predicted molar refractivity (Wildman–Crippen MR) is 87.6 cm³/mol. The van der Waals surface area contributed by atoms with Gasteiger partial charge in [-0.25, -0.2) is 4.79 Å². The van der Waals surface area contributed by atoms with Crippen LogP contribution in [0, 0.1) is 12.3 Å². The molecule has 0 spiro atoms. The van der Waals surface area contributed by atoms with Crippen LogP contribution in [0.25, 0.3) is 10.9 Å². The number of carbonyl (C=O) groups excluding carboxylic acids is 1. The SMILES string of the molecule is CCC(CC)(CC)C(=O)n1cc(C)c2cccc(C(=O)O)c21. The molecule has 22 heavy (non-hydrogen) atoms. The van der Waals surface area contributed by atoms with E-state index in [9.17, 15) is 14.7 Å². The third-order valence-electron chi connectivity index (χ3n) is 4.96. The van der Waals surface area contributed by atoms with Gasteiger partial charge in [-0.15, -0.1) is 0 Å². The number of hydrogen-bond acceptors (Lipinski definition) is 2. The topological polar surface area (TPSA) is 59.3 Å². The Morgan fingerprint density at radius 2 is 1.73 bits per heavy atom. The molecular weight excluding hydrogens is 278 g/mol. The minimum atomic E-state index is -1.01. The van der Waals surface area contributed by atoms with Gasteiger partial charge in [0.25, 0.3) is 0 Å². The number of aryl methyl sites for hydroxylation is 1. The van der Waals surface area contributed by atoms with Crippen LogP contribution in [-0.2, 0) is 0 Å². The molecular formula is C18H23NO3. The highest BCUT2D eigenvalue weighted by Gasteiger charge is 2.35. The first-order valence-electron chi connectivity index (χ1n) is 7.80. The van der Waals surface area contributed by atoms with Crippen molar-refractivity contribution in [2.75, 3.05) is 0 Å². The first kappa shape index (κ1) is 16.3. The summed E-state index contributed by atoms with van der Waals surface area (Å²) in [5, 5.41) is 10.3. The van der Waals surface area contributed by atoms with Crippen molar-refractivity contribution in [3.63, 3.8) is 0 Å². The lowest BCUT2D eigenvalue weighted by Gasteiger charge is -2.29. The zero-order valence-corrected chi connectivity index (χ0v) is 13.6. The fraction of sp³-hybridized carbons (Fsp3) is 0.444. The summed E-state index contributed by atoms with van der Waals surface area (Å²) in [4.78, 5) is 24.7. The summed E-state index contributed by atoms with van der Waals surface area (Å²) in [6, 6.07) is 5.14. The Morgan fingerprint density at radius 1 is 1.14 bits per heavy atom. The van der Waals surface area contributed by atoms with Gasteiger partial charge >= 0.3 is 5.97 Å². The van der Waals surface area contributed by atoms with Gasteiger partial charge in [-0.05, 0) is 37.8 Å². The fourth-order valence-electron chi connectivity index (χ4n) is 3.24. The van der Waals surface area contributed by atoms with Crippen LogP contribution >= 0.6 is 0 Å². The Hall–Kier alpha value is -2.10. The molecule has 118 valence electrons. The van der Waals surface area contributed by atoms with E-state index in [0.717, 1.165) is 30.2 Å². The first-order valence-corrected chi connectivity index (χ1v) is 7.80. The molecule has 0 saturated carbocycles. The van der Waals surface area contributed by atoms with Crippen LogP contribution < -0.4 is 0 Å². The number of nitrogens with zero attached hydrogens (tertiary/aromatic N) is 1. The molecule has 4 heteroatoms. The van der Waals surface area contributed by atoms with E-state index in [0.29, 0.717) is 5.52 Å². The molecule has 1 heterocycles. The summed E-state index contributed by atoms with van der Waals surface area (Å²) in [5.41, 5.74) is 1.17. The third kappa shape index (κ3) is 2.32. The highest BCUT2D eigenvalue weighted by Crippen LogP contribution is 2.35. The summed E-state index contributed by atoms with van der Waals surface area (Å²) >= 11 is 0. The monoisotopic (exact) mass is 301 g/mol. The lowest BCUT2D eigenvalue weighted by molar-refractivity contribution is 0.0674. The van der Waals surface area contributed by atoms with Crippen LogP contribution in [0.3, 0.4) is 0 Å². The highest BCUT2D eigenvalue weighted by molar-refractivity contribution is 6.07. The summed E-state index contributed by atoms with van der Waals surface area (Å²) in [6.45, 7) is 7.95. The number of benzene rings is 1. The largest absolute Gasteiger partial charge is 0.478 e. The number of carbonyl (C=O) groups is 2. The quantitative estimate of drug-likeness (QED) is 0.884. The molecule has 0 amide bonds. The minimum absolute atomic E-state index is 0.00759. The van der Waals surface area contributed by atoms with Gasteiger partial charge in [-0.2, -0.15) is 0 Å². The molecule has 1 N–H and O–H groups in total. The molecule has 0 aliphatic carbocycles. The molecule has 0 bridgehead atoms. The smallest absolute Gasteiger partial charge is 0.337 e. The number of carboxylic acids is 1. The van der Waals surface area contributed by atoms with E-state index in [-0.39, 0.29) is 11.5 Å². The van der Waals surface area contributed by atoms with E-state index in [2.05, 4.69) is 0 Å². The van der Waals surface area contributed by atoms with Gasteiger partial charge in [0.2, 0.25) is 5.91 Å². The molecule has 4 nitrogen and oxygen atoms in total. The summed E-state index contributed by atoms with van der Waals surface area (Å²) in [7, 11) is 0. The summed E-state index contributed by atoms with van der Waals surface area (Å²) < 4.78 is 1.56. The van der Waals surface area contributed by atoms with Gasteiger partial charge in [-0.3, -0.25) is 9.36 Å². The second kappa shape index (κ2) is 5.95. The molecule has 0 saturated heterocycles. The molecule has 0 radical (unpaired) electrons. The predicted octanol–water partition coefficient (Wildman–Crippen LogP) is 4.50. The average Bonchev–Trinajstić information content (AvgIpc) is 2.86. The van der Waals surface area contributed by atoms with Crippen LogP contribution in [0.4, 0.5) is 0 Å². The maximum absolute atomic E-state index is 13.1. The number of carboxylic acid groups (broad SMARTS) is 1. The second-order valence-corrected chi connectivity index (χ2v) is 5.84. The molecule has 0 aliphatic rings. The summed E-state index contributed by atoms with van der Waals surface area (Å²) in [6.07, 6.45) is 4.00. The molecule has 1 aromatic heterocycles. The maximum Gasteiger partial charge on any atom is 0.337 e. The minimum Gasteiger partial charge on any atom is -0.478 e. The Morgan fingerprint density at radius 3 is 2.23 bits per heavy atom. The number of aromatic nitrogens is 1. The molecule has 0 unspecified atom stereocenters. The Kier molecular flexibility index (Phi) is 4.40. The van der Waals surface area contributed by atoms with Gasteiger partial charge in [0.15, 0.2) is 0 Å². The Labute approximate surface area is 130 Å². The van der Waals surface area contributed by atoms with Crippen LogP contribution in [0.15, 0.2) is 24.4 Å². The molecule has 0 aliphatic heterocycles. The maximum atomic E-state index is 13.1. The molecule has 1 aromatic carbocycles. The van der Waals surface area contributed by atoms with Crippen molar-refractivity contribution in [1.82, 2.24) is 4.57 Å². The van der Waals surface area contributed by atoms with Crippen molar-refractivity contribution < 1.29 is 14.7 Å². The second-order valence-electron chi connectivity index (χ2n) is 5.84. The van der Waals surface area contributed by atoms with Gasteiger partial charge < -0.3 is 5.11 Å². The molecule has 0 atom stereocenters. The normalized spacial score (nSPS) is 11.8. The van der Waals surface area contributed by atoms with E-state index < -0.39 is 11.4 Å². The van der Waals surface area contributed by atoms with Crippen LogP contribution in [-0.4, -0.2) is 21.6 Å². The standard InChI is InChI=1S/C18H23NO3/c1-5-18(6-2,7-3)17(22)19-11-12(4)13-9-8-10-14(15(13)19)16(20)21/h8-11H,5-7H2,1-4H3,(H,20,21). The lowest BCUT2D eigenvalue weighted by Crippen LogP contribution is -2.33. The van der Waals surface area contributed by atoms with Crippen molar-refractivity contribution in [2.24, 2.45) is 5.41 Å². The third-order valence-corrected chi connectivity index (χ3v) is 4.96. The van der Waals surface area contributed by atoms with E-state index >= 15 is 0 Å². The van der Waals surface area contributed by atoms with Gasteiger partial charge in [0, 0.05) is 17.0 Å². The van der Waals surface area contributed by atoms with Crippen LogP contribution in [0.1, 0.15) is 60.7 Å². The number of rotatable bonds is 5. The molecule has 0 fully saturated rings. The van der Waals surface area contributed by atoms with Crippen molar-refractivity contribution in [1.29, 1.82) is 0 Å². The zero-order chi connectivity index (χ0) is 16.5. The van der Waals surface area contributed by atoms with Crippen molar-refractivity contribution in [3.05, 3.63) is 35.5 Å². The zero-order valence-electron chi connectivity index (χ0n) is 13.6. The van der Waals surface area contributed by atoms with Gasteiger partial charge in [0.05, 0.1) is 11.1 Å². The van der Waals surface area contributed by atoms with Gasteiger partial charge in [-0.1, -0.05) is 32.9 Å². The average molecular weight is 301 g/mol. The summed E-state index contributed by atoms with van der Waals surface area (Å²) in [5.74, 6) is -1.01. The van der Waals surface area contributed by atoms with Crippen molar-refractivity contribution >= 4 is 22.8 Å². The number of para-hydroxylation sites is 1. The molecule has 2 rings (SSSR count). The van der Waals surface area contributed by atoms with E-state index in [1.54, 1.807) is 22.9 Å². The van der Waals surface area contributed by atoms with Crippen molar-refractivity contribution in [3.8, 4) is 0 Å². The number of aromatic carboxylic acids is 1. The molecule has 2 aromatic rings. The Bertz CT molecular complexity index is 715. The number of hydrogen-bond donors (Lipinski definition) is 1. The Balaban J connectivity index is 2.76. The van der Waals surface area contributed by atoms with E-state index in [1.807, 2.05) is 33.8 Å². The number of fused-ring (bicyclic) bond motifs is 1. The fourth-order valence-corrected chi connectivity index (χ4v) is 3.24. The van der Waals surface area contributed by atoms with Crippen LogP contribution in [0.2, 0.25) is 0 Å².